The highest BCUT2D eigenvalue weighted by Crippen LogP contribution is 2.36. The van der Waals surface area contributed by atoms with Crippen LogP contribution in [0.15, 0.2) is 0 Å². The summed E-state index contributed by atoms with van der Waals surface area (Å²) >= 11 is 0. The van der Waals surface area contributed by atoms with Crippen LogP contribution in [0.4, 0.5) is 0 Å². The molecule has 0 aromatic heterocycles. The molecule has 1 fully saturated rings. The van der Waals surface area contributed by atoms with E-state index in [2.05, 4.69) is 6.92 Å². The Bertz CT molecular complexity index is 185. The predicted molar refractivity (Wildman–Crippen MR) is 57.2 cm³/mol. The Morgan fingerprint density at radius 1 is 1.43 bits per heavy atom. The van der Waals surface area contributed by atoms with E-state index < -0.39 is 0 Å². The molecule has 0 spiro atoms. The van der Waals surface area contributed by atoms with Crippen molar-refractivity contribution in [3.05, 3.63) is 0 Å². The molecule has 1 aliphatic carbocycles. The van der Waals surface area contributed by atoms with Gasteiger partial charge in [-0.25, -0.2) is 0 Å². The molecule has 0 radical (unpaired) electrons. The van der Waals surface area contributed by atoms with Crippen LogP contribution in [0.5, 0.6) is 0 Å². The number of carbonyl (C=O) groups is 1. The van der Waals surface area contributed by atoms with Gasteiger partial charge in [-0.05, 0) is 32.1 Å². The van der Waals surface area contributed by atoms with Crippen molar-refractivity contribution in [1.29, 1.82) is 0 Å². The maximum absolute atomic E-state index is 12.0. The van der Waals surface area contributed by atoms with Crippen molar-refractivity contribution in [2.75, 3.05) is 6.61 Å². The number of Topliss-reactive ketones (excluding diaryl/α,β-unsaturated/α-hetero) is 1. The van der Waals surface area contributed by atoms with Gasteiger partial charge in [-0.1, -0.05) is 20.3 Å². The fourth-order valence-corrected chi connectivity index (χ4v) is 1.88. The number of carbonyl (C=O) groups excluding carboxylic acids is 1. The Kier molecular flexibility index (Phi) is 4.59. The molecule has 2 unspecified atom stereocenters. The van der Waals surface area contributed by atoms with Gasteiger partial charge in [-0.15, -0.1) is 0 Å². The quantitative estimate of drug-likeness (QED) is 0.628. The highest BCUT2D eigenvalue weighted by Gasteiger charge is 2.38. The summed E-state index contributed by atoms with van der Waals surface area (Å²) in [6.07, 6.45) is 4.33. The van der Waals surface area contributed by atoms with E-state index in [9.17, 15) is 4.79 Å². The van der Waals surface area contributed by atoms with Gasteiger partial charge in [0.05, 0.1) is 0 Å². The van der Waals surface area contributed by atoms with E-state index in [1.807, 2.05) is 13.8 Å². The van der Waals surface area contributed by atoms with E-state index >= 15 is 0 Å². The van der Waals surface area contributed by atoms with E-state index in [0.717, 1.165) is 12.8 Å². The third-order valence-corrected chi connectivity index (χ3v) is 2.88. The van der Waals surface area contributed by atoms with Crippen molar-refractivity contribution in [3.8, 4) is 0 Å². The van der Waals surface area contributed by atoms with Crippen LogP contribution >= 0.6 is 0 Å². The van der Waals surface area contributed by atoms with Crippen LogP contribution in [0, 0.1) is 11.8 Å². The first-order valence-electron chi connectivity index (χ1n) is 5.86. The van der Waals surface area contributed by atoms with Crippen molar-refractivity contribution >= 4 is 5.78 Å². The zero-order chi connectivity index (χ0) is 10.6. The molecule has 0 N–H and O–H groups in total. The SMILES string of the molecule is CCCC(C)C(=O)C(OCC)C1CC1. The van der Waals surface area contributed by atoms with Crippen molar-refractivity contribution in [2.24, 2.45) is 11.8 Å². The van der Waals surface area contributed by atoms with Crippen LogP contribution in [0.1, 0.15) is 46.5 Å². The summed E-state index contributed by atoms with van der Waals surface area (Å²) < 4.78 is 5.55. The molecule has 14 heavy (non-hydrogen) atoms. The lowest BCUT2D eigenvalue weighted by molar-refractivity contribution is -0.135. The lowest BCUT2D eigenvalue weighted by Crippen LogP contribution is -2.31. The Morgan fingerprint density at radius 3 is 2.50 bits per heavy atom. The number of hydrogen-bond donors (Lipinski definition) is 0. The van der Waals surface area contributed by atoms with Crippen LogP contribution in [0.25, 0.3) is 0 Å². The van der Waals surface area contributed by atoms with Crippen LogP contribution in [0.2, 0.25) is 0 Å². The molecular formula is C12H22O2. The molecule has 1 aliphatic rings. The van der Waals surface area contributed by atoms with E-state index in [4.69, 9.17) is 4.74 Å². The average Bonchev–Trinajstić information content (AvgIpc) is 2.97. The summed E-state index contributed by atoms with van der Waals surface area (Å²) in [5.41, 5.74) is 0. The molecule has 2 nitrogen and oxygen atoms in total. The first kappa shape index (κ1) is 11.7. The van der Waals surface area contributed by atoms with Gasteiger partial charge in [0.25, 0.3) is 0 Å². The van der Waals surface area contributed by atoms with Gasteiger partial charge < -0.3 is 4.74 Å². The zero-order valence-electron chi connectivity index (χ0n) is 9.58. The second kappa shape index (κ2) is 5.50. The Balaban J connectivity index is 2.44. The van der Waals surface area contributed by atoms with Crippen LogP contribution in [0.3, 0.4) is 0 Å². The number of ether oxygens (including phenoxy) is 1. The molecule has 0 aromatic rings. The molecule has 0 heterocycles. The Labute approximate surface area is 87.0 Å². The molecule has 0 aromatic carbocycles. The van der Waals surface area contributed by atoms with Gasteiger partial charge in [-0.2, -0.15) is 0 Å². The maximum Gasteiger partial charge on any atom is 0.164 e. The topological polar surface area (TPSA) is 26.3 Å². The molecular weight excluding hydrogens is 176 g/mol. The van der Waals surface area contributed by atoms with Gasteiger partial charge in [0.1, 0.15) is 6.10 Å². The summed E-state index contributed by atoms with van der Waals surface area (Å²) in [6.45, 7) is 6.77. The van der Waals surface area contributed by atoms with Crippen LogP contribution in [-0.2, 0) is 9.53 Å². The van der Waals surface area contributed by atoms with Gasteiger partial charge >= 0.3 is 0 Å². The van der Waals surface area contributed by atoms with Crippen molar-refractivity contribution in [1.82, 2.24) is 0 Å². The minimum atomic E-state index is -0.0958. The van der Waals surface area contributed by atoms with Crippen LogP contribution in [-0.4, -0.2) is 18.5 Å². The highest BCUT2D eigenvalue weighted by molar-refractivity contribution is 5.85. The molecule has 0 aliphatic heterocycles. The molecule has 2 heteroatoms. The van der Waals surface area contributed by atoms with Crippen LogP contribution < -0.4 is 0 Å². The molecule has 0 bridgehead atoms. The number of rotatable bonds is 7. The number of hydrogen-bond acceptors (Lipinski definition) is 2. The van der Waals surface area contributed by atoms with Gasteiger partial charge in [0.15, 0.2) is 5.78 Å². The Hall–Kier alpha value is -0.370. The molecule has 2 atom stereocenters. The lowest BCUT2D eigenvalue weighted by Gasteiger charge is -2.19. The van der Waals surface area contributed by atoms with E-state index in [-0.39, 0.29) is 12.0 Å². The monoisotopic (exact) mass is 198 g/mol. The zero-order valence-corrected chi connectivity index (χ0v) is 9.58. The van der Waals surface area contributed by atoms with Crippen molar-refractivity contribution in [2.45, 2.75) is 52.6 Å². The standard InChI is InChI=1S/C12H22O2/c1-4-6-9(3)11(13)12(14-5-2)10-7-8-10/h9-10,12H,4-8H2,1-3H3. The third-order valence-electron chi connectivity index (χ3n) is 2.88. The molecule has 0 saturated heterocycles. The van der Waals surface area contributed by atoms with Crippen molar-refractivity contribution in [3.63, 3.8) is 0 Å². The first-order chi connectivity index (χ1) is 6.70. The third kappa shape index (κ3) is 3.09. The molecule has 1 rings (SSSR count). The second-order valence-corrected chi connectivity index (χ2v) is 4.31. The summed E-state index contributed by atoms with van der Waals surface area (Å²) in [7, 11) is 0. The smallest absolute Gasteiger partial charge is 0.164 e. The Morgan fingerprint density at radius 2 is 2.07 bits per heavy atom. The van der Waals surface area contributed by atoms with E-state index in [1.165, 1.54) is 12.8 Å². The van der Waals surface area contributed by atoms with E-state index in [1.54, 1.807) is 0 Å². The molecule has 82 valence electrons. The normalized spacial score (nSPS) is 20.5. The van der Waals surface area contributed by atoms with Gasteiger partial charge in [0, 0.05) is 12.5 Å². The fourth-order valence-electron chi connectivity index (χ4n) is 1.88. The molecule has 1 saturated carbocycles. The average molecular weight is 198 g/mol. The largest absolute Gasteiger partial charge is 0.370 e. The predicted octanol–water partition coefficient (Wildman–Crippen LogP) is 2.81. The lowest BCUT2D eigenvalue weighted by atomic mass is 9.95. The van der Waals surface area contributed by atoms with E-state index in [0.29, 0.717) is 18.3 Å². The first-order valence-corrected chi connectivity index (χ1v) is 5.86. The minimum Gasteiger partial charge on any atom is -0.370 e. The fraction of sp³-hybridized carbons (Fsp3) is 0.917. The number of ketones is 1. The molecule has 0 amide bonds. The van der Waals surface area contributed by atoms with Gasteiger partial charge in [-0.3, -0.25) is 4.79 Å². The summed E-state index contributed by atoms with van der Waals surface area (Å²) in [5.74, 6) is 1.04. The van der Waals surface area contributed by atoms with Gasteiger partial charge in [0.2, 0.25) is 0 Å². The minimum absolute atomic E-state index is 0.0958. The second-order valence-electron chi connectivity index (χ2n) is 4.31. The summed E-state index contributed by atoms with van der Waals surface area (Å²) in [6, 6.07) is 0. The highest BCUT2D eigenvalue weighted by atomic mass is 16.5. The van der Waals surface area contributed by atoms with Crippen molar-refractivity contribution < 1.29 is 9.53 Å². The summed E-state index contributed by atoms with van der Waals surface area (Å²) in [4.78, 5) is 12.0. The summed E-state index contributed by atoms with van der Waals surface area (Å²) in [5, 5.41) is 0. The maximum atomic E-state index is 12.0.